The summed E-state index contributed by atoms with van der Waals surface area (Å²) in [6, 6.07) is 31.7. The van der Waals surface area contributed by atoms with Crippen LogP contribution in [-0.4, -0.2) is 30.0 Å². The number of aliphatic carboxylic acids is 1. The highest BCUT2D eigenvalue weighted by molar-refractivity contribution is 7.99. The summed E-state index contributed by atoms with van der Waals surface area (Å²) in [4.78, 5) is 14.4. The zero-order valence-electron chi connectivity index (χ0n) is 22.8. The lowest BCUT2D eigenvalue weighted by Gasteiger charge is -2.18. The smallest absolute Gasteiger partial charge is 0.341 e. The molecule has 0 aliphatic carbocycles. The molecule has 3 aromatic carbocycles. The summed E-state index contributed by atoms with van der Waals surface area (Å²) in [5, 5.41) is 13.1. The van der Waals surface area contributed by atoms with Crippen LogP contribution in [0.2, 0.25) is 0 Å². The van der Waals surface area contributed by atoms with E-state index in [0.29, 0.717) is 18.1 Å². The average molecular weight is 599 g/mol. The molecule has 41 heavy (non-hydrogen) atoms. The summed E-state index contributed by atoms with van der Waals surface area (Å²) in [6.45, 7) is 4.14. The normalized spacial score (nSPS) is 10.8. The van der Waals surface area contributed by atoms with Crippen LogP contribution in [0.1, 0.15) is 23.6 Å². The Labute approximate surface area is 252 Å². The van der Waals surface area contributed by atoms with Gasteiger partial charge in [0.15, 0.2) is 6.61 Å². The van der Waals surface area contributed by atoms with E-state index in [2.05, 4.69) is 83.6 Å². The van der Waals surface area contributed by atoms with E-state index in [1.165, 1.54) is 20.9 Å². The zero-order chi connectivity index (χ0) is 28.6. The number of benzene rings is 3. The number of carboxylic acid groups (broad SMARTS) is 1. The van der Waals surface area contributed by atoms with Crippen LogP contribution < -0.4 is 4.74 Å². The van der Waals surface area contributed by atoms with Gasteiger partial charge in [-0.3, -0.25) is 0 Å². The Morgan fingerprint density at radius 1 is 0.829 bits per heavy atom. The van der Waals surface area contributed by atoms with E-state index in [4.69, 9.17) is 14.6 Å². The molecule has 0 fully saturated rings. The molecule has 0 aliphatic heterocycles. The number of hydrogen-bond donors (Lipinski definition) is 1. The quantitative estimate of drug-likeness (QED) is 0.114. The van der Waals surface area contributed by atoms with E-state index in [0.717, 1.165) is 32.9 Å². The second-order valence-electron chi connectivity index (χ2n) is 9.24. The van der Waals surface area contributed by atoms with Crippen LogP contribution in [0.3, 0.4) is 0 Å². The monoisotopic (exact) mass is 598 g/mol. The van der Waals surface area contributed by atoms with E-state index in [1.807, 2.05) is 32.0 Å². The van der Waals surface area contributed by atoms with Crippen molar-refractivity contribution >= 4 is 46.0 Å². The number of hydrogen-bond acceptors (Lipinski definition) is 6. The van der Waals surface area contributed by atoms with Crippen LogP contribution in [-0.2, 0) is 9.53 Å². The molecule has 2 heterocycles. The molecule has 1 N–H and O–H groups in total. The van der Waals surface area contributed by atoms with Gasteiger partial charge in [0.2, 0.25) is 0 Å². The van der Waals surface area contributed by atoms with Crippen LogP contribution in [0.15, 0.2) is 112 Å². The van der Waals surface area contributed by atoms with Crippen LogP contribution >= 0.6 is 34.4 Å². The molecule has 7 heteroatoms. The van der Waals surface area contributed by atoms with Crippen LogP contribution in [0.25, 0.3) is 26.5 Å². The maximum absolute atomic E-state index is 10.9. The number of carbonyl (C=O) groups is 1. The van der Waals surface area contributed by atoms with Gasteiger partial charge >= 0.3 is 5.97 Å². The first-order valence-electron chi connectivity index (χ1n) is 13.2. The molecular weight excluding hydrogens is 569 g/mol. The Hall–Kier alpha value is -3.78. The number of aryl methyl sites for hydroxylation is 1. The minimum atomic E-state index is -0.992. The molecule has 0 unspecified atom stereocenters. The molecule has 5 rings (SSSR count). The molecule has 208 valence electrons. The first kappa shape index (κ1) is 28.7. The topological polar surface area (TPSA) is 55.8 Å². The van der Waals surface area contributed by atoms with Crippen LogP contribution in [0.5, 0.6) is 5.75 Å². The third-order valence-corrected chi connectivity index (χ3v) is 9.26. The fourth-order valence-electron chi connectivity index (χ4n) is 4.50. The van der Waals surface area contributed by atoms with Gasteiger partial charge in [0.05, 0.1) is 12.4 Å². The van der Waals surface area contributed by atoms with Crippen molar-refractivity contribution in [1.82, 2.24) is 0 Å². The molecule has 0 spiro atoms. The van der Waals surface area contributed by atoms with Crippen molar-refractivity contribution in [3.63, 3.8) is 0 Å². The van der Waals surface area contributed by atoms with Gasteiger partial charge in [-0.1, -0.05) is 60.7 Å². The third-order valence-electron chi connectivity index (χ3n) is 6.42. The minimum Gasteiger partial charge on any atom is -0.497 e. The molecule has 0 aliphatic rings. The van der Waals surface area contributed by atoms with Gasteiger partial charge in [-0.15, -0.1) is 34.4 Å². The molecular formula is C34H30O4S3. The number of thioether (sulfide) groups is 1. The highest BCUT2D eigenvalue weighted by Crippen LogP contribution is 2.35. The highest BCUT2D eigenvalue weighted by atomic mass is 32.2. The van der Waals surface area contributed by atoms with E-state index >= 15 is 0 Å². The lowest BCUT2D eigenvalue weighted by Crippen LogP contribution is -2.10. The summed E-state index contributed by atoms with van der Waals surface area (Å²) in [5.41, 5.74) is 6.58. The molecule has 0 bridgehead atoms. The second kappa shape index (κ2) is 13.7. The van der Waals surface area contributed by atoms with Crippen LogP contribution in [0.4, 0.5) is 0 Å². The molecule has 5 aromatic rings. The minimum absolute atomic E-state index is 0.357. The van der Waals surface area contributed by atoms with Crippen molar-refractivity contribution in [2.24, 2.45) is 0 Å². The Bertz CT molecular complexity index is 1520. The van der Waals surface area contributed by atoms with Crippen molar-refractivity contribution in [3.8, 4) is 26.6 Å². The third kappa shape index (κ3) is 7.30. The highest BCUT2D eigenvalue weighted by Gasteiger charge is 2.16. The van der Waals surface area contributed by atoms with Crippen molar-refractivity contribution in [1.29, 1.82) is 0 Å². The van der Waals surface area contributed by atoms with Crippen molar-refractivity contribution < 1.29 is 19.4 Å². The van der Waals surface area contributed by atoms with Gasteiger partial charge in [0.25, 0.3) is 0 Å². The lowest BCUT2D eigenvalue weighted by molar-refractivity contribution is -0.139. The van der Waals surface area contributed by atoms with Gasteiger partial charge in [-0.05, 0) is 82.8 Å². The Balaban J connectivity index is 1.49. The fourth-order valence-corrected chi connectivity index (χ4v) is 6.91. The van der Waals surface area contributed by atoms with Gasteiger partial charge in [-0.2, -0.15) is 0 Å². The standard InChI is InChI=1S/C34H30O4S3/c1-3-37-30(22-41-28-16-17-29(23(2)20-28)38-21-33(35)36)34(26-12-8-24(9-13-26)31-6-4-18-39-31)27-14-10-25(11-15-27)32-7-5-19-40-32/h4-20H,3,21-22H2,1-2H3,(H,35,36). The van der Waals surface area contributed by atoms with Crippen LogP contribution in [0, 0.1) is 6.92 Å². The molecule has 4 nitrogen and oxygen atoms in total. The van der Waals surface area contributed by atoms with Gasteiger partial charge < -0.3 is 14.6 Å². The molecule has 0 atom stereocenters. The second-order valence-corrected chi connectivity index (χ2v) is 12.2. The summed E-state index contributed by atoms with van der Waals surface area (Å²) >= 11 is 5.16. The first-order chi connectivity index (χ1) is 20.0. The lowest BCUT2D eigenvalue weighted by atomic mass is 9.95. The predicted molar refractivity (Wildman–Crippen MR) is 172 cm³/mol. The van der Waals surface area contributed by atoms with Crippen molar-refractivity contribution in [3.05, 3.63) is 124 Å². The maximum atomic E-state index is 10.9. The van der Waals surface area contributed by atoms with Gasteiger partial charge in [0.1, 0.15) is 11.5 Å². The molecule has 0 saturated carbocycles. The molecule has 2 aromatic heterocycles. The van der Waals surface area contributed by atoms with E-state index in [1.54, 1.807) is 34.4 Å². The molecule has 0 radical (unpaired) electrons. The summed E-state index contributed by atoms with van der Waals surface area (Å²) in [5.74, 6) is 1.13. The SMILES string of the molecule is CCOC(CSc1ccc(OCC(=O)O)c(C)c1)=C(c1ccc(-c2cccs2)cc1)c1ccc(-c2cccs2)cc1. The maximum Gasteiger partial charge on any atom is 0.341 e. The Kier molecular flexibility index (Phi) is 9.62. The average Bonchev–Trinajstić information content (AvgIpc) is 3.72. The molecule has 0 saturated heterocycles. The van der Waals surface area contributed by atoms with E-state index < -0.39 is 5.97 Å². The first-order valence-corrected chi connectivity index (χ1v) is 16.0. The number of thiophene rings is 2. The largest absolute Gasteiger partial charge is 0.497 e. The Morgan fingerprint density at radius 2 is 1.41 bits per heavy atom. The van der Waals surface area contributed by atoms with E-state index in [9.17, 15) is 4.79 Å². The van der Waals surface area contributed by atoms with Crippen molar-refractivity contribution in [2.45, 2.75) is 18.7 Å². The summed E-state index contributed by atoms with van der Waals surface area (Å²) < 4.78 is 11.7. The van der Waals surface area contributed by atoms with Crippen molar-refractivity contribution in [2.75, 3.05) is 19.0 Å². The predicted octanol–water partition coefficient (Wildman–Crippen LogP) is 9.50. The Morgan fingerprint density at radius 3 is 1.88 bits per heavy atom. The fraction of sp³-hybridized carbons (Fsp3) is 0.147. The van der Waals surface area contributed by atoms with E-state index in [-0.39, 0.29) is 6.61 Å². The zero-order valence-corrected chi connectivity index (χ0v) is 25.3. The van der Waals surface area contributed by atoms with Gasteiger partial charge in [0, 0.05) is 20.2 Å². The summed E-state index contributed by atoms with van der Waals surface area (Å²) in [6.07, 6.45) is 0. The molecule has 0 amide bonds. The number of ether oxygens (including phenoxy) is 2. The number of rotatable bonds is 12. The summed E-state index contributed by atoms with van der Waals surface area (Å²) in [7, 11) is 0. The van der Waals surface area contributed by atoms with Gasteiger partial charge in [-0.25, -0.2) is 4.79 Å². The number of carboxylic acids is 1.